The molecule has 0 aromatic heterocycles. The van der Waals surface area contributed by atoms with Crippen molar-refractivity contribution < 1.29 is 9.47 Å². The molecule has 1 saturated heterocycles. The highest BCUT2D eigenvalue weighted by Crippen LogP contribution is 2.35. The van der Waals surface area contributed by atoms with Gasteiger partial charge in [-0.25, -0.2) is 0 Å². The second-order valence-corrected chi connectivity index (χ2v) is 5.92. The maximum Gasteiger partial charge on any atom is 0.172 e. The Bertz CT molecular complexity index is 467. The van der Waals surface area contributed by atoms with E-state index in [2.05, 4.69) is 37.3 Å². The van der Waals surface area contributed by atoms with E-state index in [1.54, 1.807) is 0 Å². The summed E-state index contributed by atoms with van der Waals surface area (Å²) in [6, 6.07) is 9.09. The van der Waals surface area contributed by atoms with Crippen molar-refractivity contribution in [3.63, 3.8) is 0 Å². The van der Waals surface area contributed by atoms with Gasteiger partial charge in [-0.3, -0.25) is 0 Å². The van der Waals surface area contributed by atoms with Crippen LogP contribution in [0.1, 0.15) is 43.7 Å². The Labute approximate surface area is 121 Å². The summed E-state index contributed by atoms with van der Waals surface area (Å²) in [4.78, 5) is 0. The maximum absolute atomic E-state index is 5.76. The van der Waals surface area contributed by atoms with Crippen LogP contribution in [-0.2, 0) is 22.3 Å². The van der Waals surface area contributed by atoms with Gasteiger partial charge in [0, 0.05) is 12.8 Å². The minimum atomic E-state index is -0.283. The van der Waals surface area contributed by atoms with E-state index in [1.165, 1.54) is 29.5 Å². The van der Waals surface area contributed by atoms with Crippen LogP contribution in [0.3, 0.4) is 0 Å². The standard InChI is InChI=1S/C18H24O2/c1-2-3-15-4-6-16(7-5-15)14-17-8-10-18(11-9-17)19-12-13-20-18/h4-8H,2-3,9-14H2,1H3. The molecule has 0 unspecified atom stereocenters. The third-order valence-corrected chi connectivity index (χ3v) is 4.34. The summed E-state index contributed by atoms with van der Waals surface area (Å²) in [6.45, 7) is 3.73. The Morgan fingerprint density at radius 3 is 2.35 bits per heavy atom. The molecule has 1 aliphatic carbocycles. The average molecular weight is 272 g/mol. The van der Waals surface area contributed by atoms with Gasteiger partial charge in [-0.2, -0.15) is 0 Å². The third kappa shape index (κ3) is 3.13. The molecule has 1 aromatic carbocycles. The summed E-state index contributed by atoms with van der Waals surface area (Å²) in [7, 11) is 0. The zero-order valence-electron chi connectivity index (χ0n) is 12.4. The molecule has 0 bridgehead atoms. The number of aryl methyl sites for hydroxylation is 1. The monoisotopic (exact) mass is 272 g/mol. The predicted octanol–water partition coefficient (Wildman–Crippen LogP) is 4.04. The maximum atomic E-state index is 5.76. The van der Waals surface area contributed by atoms with Crippen LogP contribution in [0.2, 0.25) is 0 Å². The van der Waals surface area contributed by atoms with Crippen LogP contribution >= 0.6 is 0 Å². The quantitative estimate of drug-likeness (QED) is 0.770. The lowest BCUT2D eigenvalue weighted by atomic mass is 9.90. The molecular weight excluding hydrogens is 248 g/mol. The number of ether oxygens (including phenoxy) is 2. The summed E-state index contributed by atoms with van der Waals surface area (Å²) >= 11 is 0. The Morgan fingerprint density at radius 1 is 1.05 bits per heavy atom. The molecule has 2 aliphatic rings. The van der Waals surface area contributed by atoms with Gasteiger partial charge in [0.2, 0.25) is 0 Å². The number of allylic oxidation sites excluding steroid dienone is 1. The van der Waals surface area contributed by atoms with E-state index in [4.69, 9.17) is 9.47 Å². The molecule has 0 radical (unpaired) electrons. The van der Waals surface area contributed by atoms with Gasteiger partial charge in [0.1, 0.15) is 0 Å². The first-order valence-corrected chi connectivity index (χ1v) is 7.83. The van der Waals surface area contributed by atoms with Crippen LogP contribution in [0.15, 0.2) is 35.9 Å². The summed E-state index contributed by atoms with van der Waals surface area (Å²) in [5.74, 6) is -0.283. The fourth-order valence-electron chi connectivity index (χ4n) is 3.15. The summed E-state index contributed by atoms with van der Waals surface area (Å²) < 4.78 is 11.5. The molecule has 1 aliphatic heterocycles. The smallest absolute Gasteiger partial charge is 0.172 e. The molecule has 1 heterocycles. The van der Waals surface area contributed by atoms with Gasteiger partial charge in [0.25, 0.3) is 0 Å². The van der Waals surface area contributed by atoms with Crippen molar-refractivity contribution >= 4 is 0 Å². The van der Waals surface area contributed by atoms with Gasteiger partial charge in [-0.05, 0) is 30.4 Å². The first-order chi connectivity index (χ1) is 9.80. The van der Waals surface area contributed by atoms with Gasteiger partial charge < -0.3 is 9.47 Å². The van der Waals surface area contributed by atoms with E-state index in [9.17, 15) is 0 Å². The molecule has 20 heavy (non-hydrogen) atoms. The largest absolute Gasteiger partial charge is 0.347 e. The lowest BCUT2D eigenvalue weighted by Crippen LogP contribution is -2.31. The van der Waals surface area contributed by atoms with Crippen LogP contribution in [-0.4, -0.2) is 19.0 Å². The van der Waals surface area contributed by atoms with Crippen molar-refractivity contribution in [1.29, 1.82) is 0 Å². The van der Waals surface area contributed by atoms with E-state index >= 15 is 0 Å². The van der Waals surface area contributed by atoms with Crippen molar-refractivity contribution in [1.82, 2.24) is 0 Å². The second kappa shape index (κ2) is 6.11. The SMILES string of the molecule is CCCc1ccc(CC2=CCC3(CC2)OCCO3)cc1. The molecule has 3 rings (SSSR count). The van der Waals surface area contributed by atoms with E-state index in [0.717, 1.165) is 38.9 Å². The number of hydrogen-bond acceptors (Lipinski definition) is 2. The van der Waals surface area contributed by atoms with Crippen LogP contribution in [0.5, 0.6) is 0 Å². The highest BCUT2D eigenvalue weighted by molar-refractivity contribution is 5.27. The minimum Gasteiger partial charge on any atom is -0.347 e. The zero-order valence-corrected chi connectivity index (χ0v) is 12.4. The second-order valence-electron chi connectivity index (χ2n) is 5.92. The number of hydrogen-bond donors (Lipinski definition) is 0. The lowest BCUT2D eigenvalue weighted by molar-refractivity contribution is -0.161. The first kappa shape index (κ1) is 13.8. The Hall–Kier alpha value is -1.12. The molecule has 1 aromatic rings. The van der Waals surface area contributed by atoms with Crippen molar-refractivity contribution in [2.75, 3.05) is 13.2 Å². The van der Waals surface area contributed by atoms with Crippen LogP contribution in [0.4, 0.5) is 0 Å². The van der Waals surface area contributed by atoms with Gasteiger partial charge in [-0.1, -0.05) is 49.3 Å². The molecule has 108 valence electrons. The van der Waals surface area contributed by atoms with Crippen LogP contribution < -0.4 is 0 Å². The summed E-state index contributed by atoms with van der Waals surface area (Å²) in [5.41, 5.74) is 4.39. The normalized spacial score (nSPS) is 21.1. The Morgan fingerprint density at radius 2 is 1.75 bits per heavy atom. The van der Waals surface area contributed by atoms with E-state index in [1.807, 2.05) is 0 Å². The minimum absolute atomic E-state index is 0.283. The molecule has 1 fully saturated rings. The van der Waals surface area contributed by atoms with E-state index in [-0.39, 0.29) is 5.79 Å². The van der Waals surface area contributed by atoms with Crippen molar-refractivity contribution in [2.24, 2.45) is 0 Å². The Kier molecular flexibility index (Phi) is 4.23. The van der Waals surface area contributed by atoms with Gasteiger partial charge in [0.15, 0.2) is 5.79 Å². The van der Waals surface area contributed by atoms with E-state index in [0.29, 0.717) is 0 Å². The van der Waals surface area contributed by atoms with Crippen LogP contribution in [0.25, 0.3) is 0 Å². The fourth-order valence-corrected chi connectivity index (χ4v) is 3.15. The van der Waals surface area contributed by atoms with Gasteiger partial charge in [0.05, 0.1) is 13.2 Å². The highest BCUT2D eigenvalue weighted by Gasteiger charge is 2.37. The molecular formula is C18H24O2. The molecule has 0 N–H and O–H groups in total. The topological polar surface area (TPSA) is 18.5 Å². The third-order valence-electron chi connectivity index (χ3n) is 4.34. The number of rotatable bonds is 4. The Balaban J connectivity index is 1.59. The molecule has 1 spiro atoms. The van der Waals surface area contributed by atoms with E-state index < -0.39 is 0 Å². The molecule has 2 heteroatoms. The zero-order chi connectivity index (χ0) is 13.8. The molecule has 0 saturated carbocycles. The molecule has 2 nitrogen and oxygen atoms in total. The van der Waals surface area contributed by atoms with Crippen LogP contribution in [0, 0.1) is 0 Å². The first-order valence-electron chi connectivity index (χ1n) is 7.83. The molecule has 0 amide bonds. The predicted molar refractivity (Wildman–Crippen MR) is 80.7 cm³/mol. The molecule has 0 atom stereocenters. The lowest BCUT2D eigenvalue weighted by Gasteiger charge is -2.30. The summed E-state index contributed by atoms with van der Waals surface area (Å²) in [5, 5.41) is 0. The van der Waals surface area contributed by atoms with Crippen molar-refractivity contribution in [2.45, 2.75) is 51.2 Å². The van der Waals surface area contributed by atoms with Crippen molar-refractivity contribution in [3.8, 4) is 0 Å². The average Bonchev–Trinajstić information content (AvgIpc) is 2.93. The fraction of sp³-hybridized carbons (Fsp3) is 0.556. The van der Waals surface area contributed by atoms with Gasteiger partial charge >= 0.3 is 0 Å². The summed E-state index contributed by atoms with van der Waals surface area (Å²) in [6.07, 6.45) is 8.81. The highest BCUT2D eigenvalue weighted by atomic mass is 16.7. The van der Waals surface area contributed by atoms with Gasteiger partial charge in [-0.15, -0.1) is 0 Å². The number of benzene rings is 1. The van der Waals surface area contributed by atoms with Crippen molar-refractivity contribution in [3.05, 3.63) is 47.0 Å².